The maximum Gasteiger partial charge on any atom is 0.277 e. The molecular weight excluding hydrogens is 306 g/mol. The minimum Gasteiger partial charge on any atom is -0.411 e. The molecule has 0 bridgehead atoms. The first kappa shape index (κ1) is 15.4. The van der Waals surface area contributed by atoms with E-state index in [1.54, 1.807) is 11.8 Å². The Bertz CT molecular complexity index is 768. The third-order valence-corrected chi connectivity index (χ3v) is 4.48. The smallest absolute Gasteiger partial charge is 0.277 e. The Hall–Kier alpha value is -2.53. The standard InChI is InChI=1S/C18H17N3OS/c1-2-6-16(13-7-4-3-5-8-13)23-18-21-20-17(22-18)14-9-11-15(19)12-10-14/h2-5,7-12,16H,1,6,19H2. The van der Waals surface area contributed by atoms with Gasteiger partial charge in [0, 0.05) is 16.5 Å². The molecule has 0 saturated carbocycles. The van der Waals surface area contributed by atoms with Gasteiger partial charge in [-0.25, -0.2) is 0 Å². The van der Waals surface area contributed by atoms with Gasteiger partial charge in [-0.05, 0) is 36.2 Å². The van der Waals surface area contributed by atoms with Crippen molar-refractivity contribution in [2.75, 3.05) is 5.73 Å². The second-order valence-electron chi connectivity index (χ2n) is 5.04. The molecule has 0 saturated heterocycles. The van der Waals surface area contributed by atoms with Gasteiger partial charge >= 0.3 is 0 Å². The lowest BCUT2D eigenvalue weighted by atomic mass is 10.1. The highest BCUT2D eigenvalue weighted by atomic mass is 32.2. The maximum absolute atomic E-state index is 5.77. The van der Waals surface area contributed by atoms with E-state index in [-0.39, 0.29) is 5.25 Å². The number of anilines is 1. The molecule has 1 atom stereocenters. The number of nitrogens with zero attached hydrogens (tertiary/aromatic N) is 2. The fourth-order valence-electron chi connectivity index (χ4n) is 2.19. The number of allylic oxidation sites excluding steroid dienone is 1. The van der Waals surface area contributed by atoms with E-state index in [0.29, 0.717) is 16.8 Å². The topological polar surface area (TPSA) is 64.9 Å². The van der Waals surface area contributed by atoms with Gasteiger partial charge in [0.25, 0.3) is 5.22 Å². The zero-order valence-corrected chi connectivity index (χ0v) is 13.4. The summed E-state index contributed by atoms with van der Waals surface area (Å²) in [5.74, 6) is 0.498. The van der Waals surface area contributed by atoms with Crippen molar-refractivity contribution in [3.8, 4) is 11.5 Å². The average Bonchev–Trinajstić information content (AvgIpc) is 3.04. The molecular formula is C18H17N3OS. The second-order valence-corrected chi connectivity index (χ2v) is 6.19. The summed E-state index contributed by atoms with van der Waals surface area (Å²) in [5.41, 5.74) is 8.47. The van der Waals surface area contributed by atoms with Crippen molar-refractivity contribution < 1.29 is 4.42 Å². The van der Waals surface area contributed by atoms with Crippen LogP contribution in [0.15, 0.2) is 76.9 Å². The lowest BCUT2D eigenvalue weighted by molar-refractivity contribution is 0.464. The minimum atomic E-state index is 0.202. The highest BCUT2D eigenvalue weighted by molar-refractivity contribution is 7.99. The van der Waals surface area contributed by atoms with Crippen LogP contribution in [0, 0.1) is 0 Å². The average molecular weight is 323 g/mol. The van der Waals surface area contributed by atoms with Crippen LogP contribution < -0.4 is 5.73 Å². The Kier molecular flexibility index (Phi) is 4.78. The molecule has 5 heteroatoms. The van der Waals surface area contributed by atoms with Crippen LogP contribution in [0.2, 0.25) is 0 Å². The molecule has 0 aliphatic heterocycles. The molecule has 0 fully saturated rings. The lowest BCUT2D eigenvalue weighted by Gasteiger charge is -2.12. The Balaban J connectivity index is 1.79. The summed E-state index contributed by atoms with van der Waals surface area (Å²) in [6.45, 7) is 3.84. The largest absolute Gasteiger partial charge is 0.411 e. The number of aromatic nitrogens is 2. The van der Waals surface area contributed by atoms with Crippen LogP contribution in [0.5, 0.6) is 0 Å². The molecule has 1 aromatic heterocycles. The number of benzene rings is 2. The summed E-state index contributed by atoms with van der Waals surface area (Å²) >= 11 is 1.55. The number of hydrogen-bond acceptors (Lipinski definition) is 5. The summed E-state index contributed by atoms with van der Waals surface area (Å²) in [4.78, 5) is 0. The van der Waals surface area contributed by atoms with Crippen molar-refractivity contribution >= 4 is 17.4 Å². The minimum absolute atomic E-state index is 0.202. The molecule has 1 heterocycles. The van der Waals surface area contributed by atoms with Crippen molar-refractivity contribution in [3.05, 3.63) is 72.8 Å². The van der Waals surface area contributed by atoms with E-state index >= 15 is 0 Å². The Morgan fingerprint density at radius 1 is 1.09 bits per heavy atom. The van der Waals surface area contributed by atoms with Crippen molar-refractivity contribution in [2.45, 2.75) is 16.9 Å². The Morgan fingerprint density at radius 2 is 1.83 bits per heavy atom. The molecule has 0 spiro atoms. The van der Waals surface area contributed by atoms with E-state index < -0.39 is 0 Å². The van der Waals surface area contributed by atoms with E-state index in [2.05, 4.69) is 28.9 Å². The molecule has 4 nitrogen and oxygen atoms in total. The van der Waals surface area contributed by atoms with Gasteiger partial charge in [0.1, 0.15) is 0 Å². The normalized spacial score (nSPS) is 12.0. The van der Waals surface area contributed by atoms with Gasteiger partial charge in [0.15, 0.2) is 0 Å². The van der Waals surface area contributed by atoms with E-state index in [1.165, 1.54) is 5.56 Å². The molecule has 0 aliphatic carbocycles. The van der Waals surface area contributed by atoms with Gasteiger partial charge < -0.3 is 10.2 Å². The van der Waals surface area contributed by atoms with Crippen LogP contribution in [0.1, 0.15) is 17.2 Å². The van der Waals surface area contributed by atoms with E-state index in [0.717, 1.165) is 12.0 Å². The number of hydrogen-bond donors (Lipinski definition) is 1. The van der Waals surface area contributed by atoms with E-state index in [9.17, 15) is 0 Å². The SMILES string of the molecule is C=CCC(Sc1nnc(-c2ccc(N)cc2)o1)c1ccccc1. The highest BCUT2D eigenvalue weighted by Crippen LogP contribution is 2.38. The molecule has 1 unspecified atom stereocenters. The van der Waals surface area contributed by atoms with Crippen molar-refractivity contribution in [2.24, 2.45) is 0 Å². The van der Waals surface area contributed by atoms with Gasteiger partial charge in [-0.3, -0.25) is 0 Å². The molecule has 23 heavy (non-hydrogen) atoms. The molecule has 116 valence electrons. The lowest BCUT2D eigenvalue weighted by Crippen LogP contribution is -1.92. The van der Waals surface area contributed by atoms with Gasteiger partial charge in [-0.1, -0.05) is 48.2 Å². The van der Waals surface area contributed by atoms with Crippen LogP contribution in [-0.2, 0) is 0 Å². The van der Waals surface area contributed by atoms with Crippen LogP contribution in [0.4, 0.5) is 5.69 Å². The molecule has 0 radical (unpaired) electrons. The van der Waals surface area contributed by atoms with Crippen LogP contribution in [0.25, 0.3) is 11.5 Å². The van der Waals surface area contributed by atoms with Crippen LogP contribution in [0.3, 0.4) is 0 Å². The highest BCUT2D eigenvalue weighted by Gasteiger charge is 2.16. The van der Waals surface area contributed by atoms with Gasteiger partial charge in [0.2, 0.25) is 5.89 Å². The molecule has 3 rings (SSSR count). The third kappa shape index (κ3) is 3.81. The zero-order chi connectivity index (χ0) is 16.1. The summed E-state index contributed by atoms with van der Waals surface area (Å²) in [6, 6.07) is 17.6. The summed E-state index contributed by atoms with van der Waals surface area (Å²) < 4.78 is 5.77. The summed E-state index contributed by atoms with van der Waals surface area (Å²) in [5, 5.41) is 9.01. The number of thioether (sulfide) groups is 1. The Labute approximate surface area is 139 Å². The van der Waals surface area contributed by atoms with Crippen LogP contribution in [-0.4, -0.2) is 10.2 Å². The predicted octanol–water partition coefficient (Wildman–Crippen LogP) is 4.73. The molecule has 2 N–H and O–H groups in total. The zero-order valence-electron chi connectivity index (χ0n) is 12.6. The van der Waals surface area contributed by atoms with Gasteiger partial charge in [0.05, 0.1) is 0 Å². The summed E-state index contributed by atoms with van der Waals surface area (Å²) in [7, 11) is 0. The van der Waals surface area contributed by atoms with E-state index in [1.807, 2.05) is 48.5 Å². The molecule has 3 aromatic rings. The third-order valence-electron chi connectivity index (χ3n) is 3.36. The fraction of sp³-hybridized carbons (Fsp3) is 0.111. The number of nitrogen functional groups attached to an aromatic ring is 1. The van der Waals surface area contributed by atoms with Crippen molar-refractivity contribution in [1.29, 1.82) is 0 Å². The quantitative estimate of drug-likeness (QED) is 0.403. The summed E-state index contributed by atoms with van der Waals surface area (Å²) in [6.07, 6.45) is 2.73. The second kappa shape index (κ2) is 7.15. The first-order valence-electron chi connectivity index (χ1n) is 7.28. The first-order chi connectivity index (χ1) is 11.3. The Morgan fingerprint density at radius 3 is 2.52 bits per heavy atom. The van der Waals surface area contributed by atoms with Crippen LogP contribution >= 0.6 is 11.8 Å². The molecule has 2 aromatic carbocycles. The maximum atomic E-state index is 5.77. The van der Waals surface area contributed by atoms with Crippen molar-refractivity contribution in [3.63, 3.8) is 0 Å². The van der Waals surface area contributed by atoms with Gasteiger partial charge in [-0.2, -0.15) is 0 Å². The van der Waals surface area contributed by atoms with Gasteiger partial charge in [-0.15, -0.1) is 16.8 Å². The van der Waals surface area contributed by atoms with Crippen molar-refractivity contribution in [1.82, 2.24) is 10.2 Å². The first-order valence-corrected chi connectivity index (χ1v) is 8.16. The van der Waals surface area contributed by atoms with E-state index in [4.69, 9.17) is 10.2 Å². The fourth-order valence-corrected chi connectivity index (χ4v) is 3.18. The molecule has 0 amide bonds. The predicted molar refractivity (Wildman–Crippen MR) is 94.0 cm³/mol. The number of rotatable bonds is 6. The molecule has 0 aliphatic rings. The monoisotopic (exact) mass is 323 g/mol. The number of nitrogens with two attached hydrogens (primary N) is 1.